The van der Waals surface area contributed by atoms with Crippen molar-refractivity contribution < 1.29 is 40.9 Å². The van der Waals surface area contributed by atoms with Crippen molar-refractivity contribution in [2.45, 2.75) is 24.7 Å². The molecule has 2 aromatic heterocycles. The quantitative estimate of drug-likeness (QED) is 0.589. The number of hydrogen-bond acceptors (Lipinski definition) is 5. The van der Waals surface area contributed by atoms with E-state index >= 15 is 0 Å². The number of halogens is 6. The number of aliphatic hydroxyl groups excluding tert-OH is 1. The van der Waals surface area contributed by atoms with Crippen molar-refractivity contribution in [3.63, 3.8) is 0 Å². The average Bonchev–Trinajstić information content (AvgIpc) is 3.25. The highest BCUT2D eigenvalue weighted by Gasteiger charge is 2.38. The molecule has 1 aromatic carbocycles. The second-order valence-corrected chi connectivity index (χ2v) is 6.79. The number of benzene rings is 1. The minimum Gasteiger partial charge on any atom is -0.382 e. The lowest BCUT2D eigenvalue weighted by Gasteiger charge is -2.18. The van der Waals surface area contributed by atoms with Gasteiger partial charge in [-0.05, 0) is 23.8 Å². The van der Waals surface area contributed by atoms with Crippen LogP contribution in [0.5, 0.6) is 0 Å². The molecule has 1 aliphatic rings. The van der Waals surface area contributed by atoms with E-state index in [0.717, 1.165) is 6.07 Å². The topological polar surface area (TPSA) is 64.5 Å². The smallest absolute Gasteiger partial charge is 0.382 e. The van der Waals surface area contributed by atoms with Gasteiger partial charge in [0, 0.05) is 17.1 Å². The number of ether oxygens (including phenoxy) is 2. The van der Waals surface area contributed by atoms with E-state index in [9.17, 15) is 31.4 Å². The molecule has 3 heterocycles. The summed E-state index contributed by atoms with van der Waals surface area (Å²) in [5, 5.41) is 10.5. The van der Waals surface area contributed by atoms with Crippen LogP contribution in [0, 0.1) is 0 Å². The molecule has 1 unspecified atom stereocenters. The van der Waals surface area contributed by atoms with Crippen molar-refractivity contribution in [3.8, 4) is 0 Å². The van der Waals surface area contributed by atoms with Crippen LogP contribution in [-0.4, -0.2) is 28.3 Å². The zero-order valence-electron chi connectivity index (χ0n) is 15.5. The minimum atomic E-state index is -5.02. The maximum Gasteiger partial charge on any atom is 0.433 e. The van der Waals surface area contributed by atoms with Crippen LogP contribution >= 0.6 is 0 Å². The highest BCUT2D eigenvalue weighted by atomic mass is 19.4. The molecule has 0 amide bonds. The zero-order chi connectivity index (χ0) is 22.4. The van der Waals surface area contributed by atoms with Crippen molar-refractivity contribution in [1.29, 1.82) is 0 Å². The molecular formula is C20H14F6N2O3. The first-order valence-corrected chi connectivity index (χ1v) is 9.01. The van der Waals surface area contributed by atoms with Gasteiger partial charge < -0.3 is 14.6 Å². The number of pyridine rings is 2. The number of nitrogens with zero attached hydrogens (tertiary/aromatic N) is 2. The molecule has 0 aliphatic carbocycles. The fourth-order valence-corrected chi connectivity index (χ4v) is 3.30. The lowest BCUT2D eigenvalue weighted by atomic mass is 9.97. The van der Waals surface area contributed by atoms with E-state index in [1.165, 1.54) is 24.4 Å². The number of hydrogen-bond donors (Lipinski definition) is 1. The summed E-state index contributed by atoms with van der Waals surface area (Å²) in [6, 6.07) is 6.24. The molecule has 164 valence electrons. The van der Waals surface area contributed by atoms with Gasteiger partial charge >= 0.3 is 12.4 Å². The van der Waals surface area contributed by atoms with Gasteiger partial charge in [-0.25, -0.2) is 4.98 Å². The summed E-state index contributed by atoms with van der Waals surface area (Å²) in [4.78, 5) is 7.24. The van der Waals surface area contributed by atoms with E-state index in [1.807, 2.05) is 0 Å². The summed E-state index contributed by atoms with van der Waals surface area (Å²) in [5.41, 5.74) is -3.69. The summed E-state index contributed by atoms with van der Waals surface area (Å²) >= 11 is 0. The second-order valence-electron chi connectivity index (χ2n) is 6.79. The maximum atomic E-state index is 13.4. The Hall–Kier alpha value is -2.76. The van der Waals surface area contributed by atoms with Gasteiger partial charge in [0.25, 0.3) is 0 Å². The van der Waals surface area contributed by atoms with Crippen molar-refractivity contribution in [2.75, 3.05) is 13.2 Å². The average molecular weight is 444 g/mol. The van der Waals surface area contributed by atoms with Crippen LogP contribution in [0.2, 0.25) is 0 Å². The molecule has 1 fully saturated rings. The van der Waals surface area contributed by atoms with Gasteiger partial charge in [0.15, 0.2) is 6.29 Å². The molecule has 1 aliphatic heterocycles. The number of alkyl halides is 6. The molecule has 11 heteroatoms. The molecule has 4 rings (SSSR count). The molecule has 0 radical (unpaired) electrons. The highest BCUT2D eigenvalue weighted by Crippen LogP contribution is 2.39. The standard InChI is InChI=1S/C20H14F6N2O3/c21-19(22,23)13-3-1-2-11-12(8-15(20(24,25)26)28-16(11)13)17(29)14-5-4-10(9-27-14)18-30-6-7-31-18/h1-5,8-9,17-18,29H,6-7H2. The van der Waals surface area contributed by atoms with Crippen LogP contribution < -0.4 is 0 Å². The summed E-state index contributed by atoms with van der Waals surface area (Å²) in [7, 11) is 0. The molecule has 1 saturated heterocycles. The van der Waals surface area contributed by atoms with E-state index in [1.54, 1.807) is 0 Å². The first kappa shape index (κ1) is 21.5. The Bertz CT molecular complexity index is 1090. The van der Waals surface area contributed by atoms with Gasteiger partial charge in [-0.3, -0.25) is 4.98 Å². The summed E-state index contributed by atoms with van der Waals surface area (Å²) in [6.45, 7) is 0.777. The molecule has 31 heavy (non-hydrogen) atoms. The van der Waals surface area contributed by atoms with Gasteiger partial charge in [0.05, 0.1) is 30.0 Å². The van der Waals surface area contributed by atoms with E-state index in [2.05, 4.69) is 9.97 Å². The molecule has 0 spiro atoms. The Labute approximate surface area is 171 Å². The van der Waals surface area contributed by atoms with E-state index in [4.69, 9.17) is 9.47 Å². The van der Waals surface area contributed by atoms with Crippen LogP contribution in [0.15, 0.2) is 42.6 Å². The minimum absolute atomic E-state index is 0.0558. The predicted octanol–water partition coefficient (Wildman–Crippen LogP) is 4.79. The third-order valence-corrected chi connectivity index (χ3v) is 4.75. The van der Waals surface area contributed by atoms with Gasteiger partial charge in [-0.1, -0.05) is 18.2 Å². The first-order valence-electron chi connectivity index (χ1n) is 9.01. The van der Waals surface area contributed by atoms with Crippen molar-refractivity contribution in [2.24, 2.45) is 0 Å². The van der Waals surface area contributed by atoms with Crippen LogP contribution in [0.25, 0.3) is 10.9 Å². The van der Waals surface area contributed by atoms with Crippen LogP contribution in [-0.2, 0) is 21.8 Å². The van der Waals surface area contributed by atoms with Crippen molar-refractivity contribution >= 4 is 10.9 Å². The fraction of sp³-hybridized carbons (Fsp3) is 0.300. The van der Waals surface area contributed by atoms with Crippen LogP contribution in [0.3, 0.4) is 0 Å². The normalized spacial score (nSPS) is 16.7. The van der Waals surface area contributed by atoms with E-state index < -0.39 is 47.1 Å². The molecule has 1 atom stereocenters. The van der Waals surface area contributed by atoms with Gasteiger partial charge in [-0.15, -0.1) is 0 Å². The molecule has 0 saturated carbocycles. The molecule has 5 nitrogen and oxygen atoms in total. The van der Waals surface area contributed by atoms with Crippen molar-refractivity contribution in [3.05, 3.63) is 70.7 Å². The number of aliphatic hydroxyl groups is 1. The summed E-state index contributed by atoms with van der Waals surface area (Å²) < 4.78 is 90.8. The monoisotopic (exact) mass is 444 g/mol. The second kappa shape index (κ2) is 7.74. The number of para-hydroxylation sites is 1. The third-order valence-electron chi connectivity index (χ3n) is 4.75. The molecular weight excluding hydrogens is 430 g/mol. The molecule has 3 aromatic rings. The summed E-state index contributed by atoms with van der Waals surface area (Å²) in [5.74, 6) is 0. The Balaban J connectivity index is 1.83. The fourth-order valence-electron chi connectivity index (χ4n) is 3.30. The first-order chi connectivity index (χ1) is 14.6. The van der Waals surface area contributed by atoms with Gasteiger partial charge in [0.2, 0.25) is 0 Å². The Morgan fingerprint density at radius 3 is 2.26 bits per heavy atom. The maximum absolute atomic E-state index is 13.4. The number of rotatable bonds is 3. The molecule has 1 N–H and O–H groups in total. The van der Waals surface area contributed by atoms with E-state index in [0.29, 0.717) is 30.9 Å². The SMILES string of the molecule is OC(c1ccc(C2OCCO2)cn1)c1cc(C(F)(F)F)nc2c(C(F)(F)F)cccc12. The Kier molecular flexibility index (Phi) is 5.36. The lowest BCUT2D eigenvalue weighted by molar-refractivity contribution is -0.142. The number of aromatic nitrogens is 2. The largest absolute Gasteiger partial charge is 0.433 e. The van der Waals surface area contributed by atoms with E-state index in [-0.39, 0.29) is 11.1 Å². The summed E-state index contributed by atoms with van der Waals surface area (Å²) in [6.07, 6.45) is -11.0. The Morgan fingerprint density at radius 2 is 1.68 bits per heavy atom. The zero-order valence-corrected chi connectivity index (χ0v) is 15.5. The van der Waals surface area contributed by atoms with Crippen LogP contribution in [0.1, 0.15) is 40.5 Å². The predicted molar refractivity (Wildman–Crippen MR) is 94.7 cm³/mol. The van der Waals surface area contributed by atoms with Gasteiger partial charge in [-0.2, -0.15) is 26.3 Å². The van der Waals surface area contributed by atoms with Crippen molar-refractivity contribution in [1.82, 2.24) is 9.97 Å². The van der Waals surface area contributed by atoms with Gasteiger partial charge in [0.1, 0.15) is 11.8 Å². The highest BCUT2D eigenvalue weighted by molar-refractivity contribution is 5.86. The Morgan fingerprint density at radius 1 is 0.968 bits per heavy atom. The molecule has 0 bridgehead atoms. The number of fused-ring (bicyclic) bond motifs is 1. The lowest BCUT2D eigenvalue weighted by Crippen LogP contribution is -2.14. The third kappa shape index (κ3) is 4.21. The van der Waals surface area contributed by atoms with Crippen LogP contribution in [0.4, 0.5) is 26.3 Å².